The Morgan fingerprint density at radius 2 is 1.89 bits per heavy atom. The highest BCUT2D eigenvalue weighted by Gasteiger charge is 2.26. The fourth-order valence-corrected chi connectivity index (χ4v) is 3.91. The number of ether oxygens (including phenoxy) is 1. The maximum atomic E-state index is 11.7. The standard InChI is InChI=1S/C25H33NO2/c1-4-5-7-21(20(3)27)11-10-19(2)28-25-13-12-22-14-16-26(24-8-6-9-24)17-15-23(22)18-25/h4-5,10-13,18,24H,6-9,14-17H2,1-3H3/b5-4?,19-10+,21-11+. The van der Waals surface area contributed by atoms with Gasteiger partial charge in [-0.25, -0.2) is 0 Å². The van der Waals surface area contributed by atoms with Gasteiger partial charge in [0.25, 0.3) is 0 Å². The van der Waals surface area contributed by atoms with E-state index in [2.05, 4.69) is 23.1 Å². The lowest BCUT2D eigenvalue weighted by Gasteiger charge is -2.36. The van der Waals surface area contributed by atoms with E-state index in [0.29, 0.717) is 6.42 Å². The molecule has 1 aromatic carbocycles. The highest BCUT2D eigenvalue weighted by atomic mass is 16.5. The third-order valence-electron chi connectivity index (χ3n) is 5.93. The predicted octanol–water partition coefficient (Wildman–Crippen LogP) is 5.40. The fraction of sp³-hybridized carbons (Fsp3) is 0.480. The van der Waals surface area contributed by atoms with Crippen LogP contribution in [0.3, 0.4) is 0 Å². The number of carbonyl (C=O) groups is 1. The van der Waals surface area contributed by atoms with Gasteiger partial charge in [0.1, 0.15) is 11.5 Å². The molecule has 3 rings (SSSR count). The number of allylic oxidation sites excluding steroid dienone is 6. The normalized spacial score (nSPS) is 19.2. The molecule has 3 heteroatoms. The maximum Gasteiger partial charge on any atom is 0.156 e. The molecule has 0 unspecified atom stereocenters. The van der Waals surface area contributed by atoms with E-state index in [1.54, 1.807) is 6.92 Å². The van der Waals surface area contributed by atoms with Gasteiger partial charge in [-0.15, -0.1) is 0 Å². The average molecular weight is 380 g/mol. The molecule has 2 aliphatic rings. The van der Waals surface area contributed by atoms with Crippen molar-refractivity contribution in [2.75, 3.05) is 13.1 Å². The molecular weight excluding hydrogens is 346 g/mol. The third-order valence-corrected chi connectivity index (χ3v) is 5.93. The van der Waals surface area contributed by atoms with E-state index in [0.717, 1.165) is 42.5 Å². The zero-order valence-electron chi connectivity index (χ0n) is 17.5. The van der Waals surface area contributed by atoms with Crippen LogP contribution in [0.5, 0.6) is 5.75 Å². The van der Waals surface area contributed by atoms with Crippen molar-refractivity contribution in [3.8, 4) is 5.75 Å². The summed E-state index contributed by atoms with van der Waals surface area (Å²) in [7, 11) is 0. The Kier molecular flexibility index (Phi) is 7.27. The molecular formula is C25H33NO2. The van der Waals surface area contributed by atoms with Crippen LogP contribution in [0.4, 0.5) is 0 Å². The minimum atomic E-state index is 0.100. The number of rotatable bonds is 7. The molecule has 1 aliphatic carbocycles. The Balaban J connectivity index is 1.65. The van der Waals surface area contributed by atoms with Gasteiger partial charge in [0.05, 0.1) is 0 Å². The second kappa shape index (κ2) is 9.88. The third kappa shape index (κ3) is 5.45. The highest BCUT2D eigenvalue weighted by Crippen LogP contribution is 2.29. The second-order valence-corrected chi connectivity index (χ2v) is 7.95. The Morgan fingerprint density at radius 3 is 2.54 bits per heavy atom. The lowest BCUT2D eigenvalue weighted by Crippen LogP contribution is -2.41. The molecule has 0 radical (unpaired) electrons. The van der Waals surface area contributed by atoms with Gasteiger partial charge >= 0.3 is 0 Å². The van der Waals surface area contributed by atoms with Gasteiger partial charge in [0, 0.05) is 19.1 Å². The highest BCUT2D eigenvalue weighted by molar-refractivity contribution is 5.93. The SMILES string of the molecule is CC=CC/C(=C\C=C(/C)Oc1ccc2c(c1)CCN(C1CCC1)CC2)C(C)=O. The summed E-state index contributed by atoms with van der Waals surface area (Å²) < 4.78 is 6.04. The molecule has 0 saturated heterocycles. The van der Waals surface area contributed by atoms with E-state index in [4.69, 9.17) is 4.74 Å². The van der Waals surface area contributed by atoms with Crippen molar-refractivity contribution < 1.29 is 9.53 Å². The summed E-state index contributed by atoms with van der Waals surface area (Å²) in [5.41, 5.74) is 3.67. The zero-order chi connectivity index (χ0) is 19.9. The summed E-state index contributed by atoms with van der Waals surface area (Å²) in [5, 5.41) is 0. The summed E-state index contributed by atoms with van der Waals surface area (Å²) in [6, 6.07) is 7.32. The summed E-state index contributed by atoms with van der Waals surface area (Å²) >= 11 is 0. The molecule has 3 nitrogen and oxygen atoms in total. The van der Waals surface area contributed by atoms with E-state index in [1.807, 2.05) is 38.2 Å². The summed E-state index contributed by atoms with van der Waals surface area (Å²) in [4.78, 5) is 14.4. The van der Waals surface area contributed by atoms with Crippen LogP contribution in [-0.2, 0) is 17.6 Å². The van der Waals surface area contributed by atoms with Gasteiger partial charge in [-0.05, 0) is 87.8 Å². The number of hydrogen-bond donors (Lipinski definition) is 0. The van der Waals surface area contributed by atoms with Crippen LogP contribution in [0.15, 0.2) is 53.8 Å². The first-order chi connectivity index (χ1) is 13.6. The Bertz CT molecular complexity index is 784. The average Bonchev–Trinajstić information content (AvgIpc) is 2.82. The molecule has 150 valence electrons. The van der Waals surface area contributed by atoms with Crippen molar-refractivity contribution >= 4 is 5.78 Å². The molecule has 0 N–H and O–H groups in total. The fourth-order valence-electron chi connectivity index (χ4n) is 3.91. The minimum absolute atomic E-state index is 0.100. The summed E-state index contributed by atoms with van der Waals surface area (Å²) in [5.74, 6) is 1.78. The quantitative estimate of drug-likeness (QED) is 0.275. The summed E-state index contributed by atoms with van der Waals surface area (Å²) in [6.45, 7) is 7.85. The minimum Gasteiger partial charge on any atom is -0.462 e. The molecule has 0 bridgehead atoms. The first-order valence-corrected chi connectivity index (χ1v) is 10.6. The van der Waals surface area contributed by atoms with Crippen molar-refractivity contribution in [1.82, 2.24) is 4.90 Å². The number of benzene rings is 1. The molecule has 0 spiro atoms. The first-order valence-electron chi connectivity index (χ1n) is 10.6. The molecule has 0 atom stereocenters. The van der Waals surface area contributed by atoms with E-state index >= 15 is 0 Å². The van der Waals surface area contributed by atoms with Crippen molar-refractivity contribution in [2.45, 2.75) is 65.3 Å². The van der Waals surface area contributed by atoms with Crippen LogP contribution in [0.2, 0.25) is 0 Å². The Hall–Kier alpha value is -2.13. The number of nitrogens with zero attached hydrogens (tertiary/aromatic N) is 1. The molecule has 1 heterocycles. The van der Waals surface area contributed by atoms with Gasteiger partial charge in [-0.2, -0.15) is 0 Å². The number of ketones is 1. The second-order valence-electron chi connectivity index (χ2n) is 7.95. The first kappa shape index (κ1) is 20.6. The van der Waals surface area contributed by atoms with Crippen LogP contribution >= 0.6 is 0 Å². The molecule has 1 aromatic rings. The number of Topliss-reactive ketones (excluding diaryl/α,β-unsaturated/α-hetero) is 1. The van der Waals surface area contributed by atoms with Crippen LogP contribution in [-0.4, -0.2) is 29.8 Å². The lowest BCUT2D eigenvalue weighted by atomic mass is 9.91. The zero-order valence-corrected chi connectivity index (χ0v) is 17.5. The van der Waals surface area contributed by atoms with Gasteiger partial charge in [-0.1, -0.05) is 30.7 Å². The van der Waals surface area contributed by atoms with Gasteiger partial charge in [-0.3, -0.25) is 9.69 Å². The van der Waals surface area contributed by atoms with E-state index in [-0.39, 0.29) is 5.78 Å². The van der Waals surface area contributed by atoms with Crippen LogP contribution in [0.1, 0.15) is 57.6 Å². The number of hydrogen-bond acceptors (Lipinski definition) is 3. The predicted molar refractivity (Wildman–Crippen MR) is 116 cm³/mol. The Labute approximate surface area is 169 Å². The van der Waals surface area contributed by atoms with E-state index in [1.165, 1.54) is 36.9 Å². The smallest absolute Gasteiger partial charge is 0.156 e. The van der Waals surface area contributed by atoms with Crippen molar-refractivity contribution in [3.05, 3.63) is 65.0 Å². The molecule has 1 fully saturated rings. The van der Waals surface area contributed by atoms with Gasteiger partial charge in [0.2, 0.25) is 0 Å². The van der Waals surface area contributed by atoms with Gasteiger partial charge < -0.3 is 4.74 Å². The molecule has 1 aliphatic heterocycles. The van der Waals surface area contributed by atoms with Crippen LogP contribution in [0.25, 0.3) is 0 Å². The van der Waals surface area contributed by atoms with Crippen molar-refractivity contribution in [1.29, 1.82) is 0 Å². The van der Waals surface area contributed by atoms with Crippen LogP contribution in [0, 0.1) is 0 Å². The van der Waals surface area contributed by atoms with Crippen LogP contribution < -0.4 is 4.74 Å². The summed E-state index contributed by atoms with van der Waals surface area (Å²) in [6.07, 6.45) is 14.8. The van der Waals surface area contributed by atoms with Crippen molar-refractivity contribution in [2.24, 2.45) is 0 Å². The van der Waals surface area contributed by atoms with E-state index < -0.39 is 0 Å². The molecule has 0 aromatic heterocycles. The lowest BCUT2D eigenvalue weighted by molar-refractivity contribution is -0.113. The topological polar surface area (TPSA) is 29.5 Å². The largest absolute Gasteiger partial charge is 0.462 e. The molecule has 1 saturated carbocycles. The maximum absolute atomic E-state index is 11.7. The van der Waals surface area contributed by atoms with Gasteiger partial charge in [0.15, 0.2) is 5.78 Å². The molecule has 28 heavy (non-hydrogen) atoms. The van der Waals surface area contributed by atoms with Crippen molar-refractivity contribution in [3.63, 3.8) is 0 Å². The number of fused-ring (bicyclic) bond motifs is 1. The Morgan fingerprint density at radius 1 is 1.14 bits per heavy atom. The monoisotopic (exact) mass is 379 g/mol. The van der Waals surface area contributed by atoms with E-state index in [9.17, 15) is 4.79 Å². The number of carbonyl (C=O) groups excluding carboxylic acids is 1. The molecule has 0 amide bonds.